The van der Waals surface area contributed by atoms with Crippen molar-refractivity contribution < 1.29 is 26.4 Å². The number of benzene rings is 2. The quantitative estimate of drug-likeness (QED) is 0.135. The van der Waals surface area contributed by atoms with E-state index in [9.17, 15) is 18.8 Å². The number of aromatic nitrogens is 6. The van der Waals surface area contributed by atoms with Gasteiger partial charge in [0.2, 0.25) is 5.91 Å². The number of fused-ring (bicyclic) bond motifs is 3. The number of urea groups is 1. The Hall–Kier alpha value is -5.83. The van der Waals surface area contributed by atoms with Crippen LogP contribution in [0.1, 0.15) is 89.9 Å². The number of carbonyl (C=O) groups excluding carboxylic acids is 3. The number of carbonyl (C=O) groups is 3. The van der Waals surface area contributed by atoms with Gasteiger partial charge in [0.1, 0.15) is 11.6 Å². The number of ether oxygens (including phenoxy) is 1. The second-order valence-electron chi connectivity index (χ2n) is 15.7. The maximum Gasteiger partial charge on any atom is 0.328 e. The molecule has 0 bridgehead atoms. The zero-order valence-corrected chi connectivity index (χ0v) is 31.8. The molecule has 4 aliphatic rings. The van der Waals surface area contributed by atoms with Crippen LogP contribution in [0.4, 0.5) is 20.7 Å². The monoisotopic (exact) mass is 778 g/mol. The molecule has 2 aromatic carbocycles. The van der Waals surface area contributed by atoms with Crippen LogP contribution < -0.4 is 20.3 Å². The molecule has 4 fully saturated rings. The summed E-state index contributed by atoms with van der Waals surface area (Å²) < 4.78 is 24.5. The van der Waals surface area contributed by atoms with Crippen molar-refractivity contribution in [3.63, 3.8) is 0 Å². The fourth-order valence-corrected chi connectivity index (χ4v) is 8.54. The lowest BCUT2D eigenvalue weighted by Crippen LogP contribution is -2.50. The van der Waals surface area contributed by atoms with E-state index in [1.807, 2.05) is 30.5 Å². The zero-order chi connectivity index (χ0) is 38.9. The van der Waals surface area contributed by atoms with Crippen molar-refractivity contribution in [1.82, 2.24) is 39.6 Å². The Morgan fingerprint density at radius 3 is 2.63 bits per heavy atom. The van der Waals surface area contributed by atoms with Gasteiger partial charge in [0, 0.05) is 64.2 Å². The Morgan fingerprint density at radius 2 is 1.82 bits per heavy atom. The molecule has 2 saturated heterocycles. The molecule has 57 heavy (non-hydrogen) atoms. The third kappa shape index (κ3) is 7.93. The highest BCUT2D eigenvalue weighted by atomic mass is 19.1. The van der Waals surface area contributed by atoms with Crippen LogP contribution in [0.2, 0.25) is 0 Å². The average molecular weight is 779 g/mol. The number of imidazole rings is 1. The molecule has 300 valence electrons. The second-order valence-corrected chi connectivity index (χ2v) is 15.7. The van der Waals surface area contributed by atoms with E-state index < -0.39 is 11.8 Å². The Bertz CT molecular complexity index is 2430. The molecule has 3 N–H and O–H groups in total. The minimum Gasteiger partial charge on any atom is -0.490 e. The number of likely N-dealkylation sites (tertiary alicyclic amines) is 1. The summed E-state index contributed by atoms with van der Waals surface area (Å²) in [4.78, 5) is 44.9. The molecule has 0 radical (unpaired) electrons. The Balaban J connectivity index is 0.000000178. The van der Waals surface area contributed by atoms with Gasteiger partial charge in [-0.1, -0.05) is 32.1 Å². The molecule has 14 nitrogen and oxygen atoms in total. The number of imide groups is 1. The molecule has 6 heterocycles. The number of aromatic amines is 1. The van der Waals surface area contributed by atoms with Gasteiger partial charge < -0.3 is 19.5 Å². The summed E-state index contributed by atoms with van der Waals surface area (Å²) in [7, 11) is 0. The number of nitrogens with zero attached hydrogens (tertiary/aromatic N) is 7. The van der Waals surface area contributed by atoms with Crippen LogP contribution in [-0.4, -0.2) is 84.4 Å². The third-order valence-electron chi connectivity index (χ3n) is 11.8. The molecular formula is C42H51FN10O4. The van der Waals surface area contributed by atoms with E-state index in [2.05, 4.69) is 40.4 Å². The third-order valence-corrected chi connectivity index (χ3v) is 11.8. The van der Waals surface area contributed by atoms with Crippen molar-refractivity contribution in [2.75, 3.05) is 36.4 Å². The van der Waals surface area contributed by atoms with Crippen LogP contribution in [0.3, 0.4) is 0 Å². The van der Waals surface area contributed by atoms with E-state index in [-0.39, 0.29) is 39.4 Å². The summed E-state index contributed by atoms with van der Waals surface area (Å²) in [6.07, 6.45) is 19.9. The van der Waals surface area contributed by atoms with Crippen LogP contribution in [0.15, 0.2) is 67.3 Å². The summed E-state index contributed by atoms with van der Waals surface area (Å²) in [5, 5.41) is 17.9. The molecule has 0 atom stereocenters. The van der Waals surface area contributed by atoms with Crippen LogP contribution in [0.5, 0.6) is 5.75 Å². The van der Waals surface area contributed by atoms with Gasteiger partial charge in [0.25, 0.3) is 5.91 Å². The average Bonchev–Trinajstić information content (AvgIpc) is 3.55. The van der Waals surface area contributed by atoms with Crippen molar-refractivity contribution in [2.45, 2.75) is 82.8 Å². The van der Waals surface area contributed by atoms with Crippen molar-refractivity contribution in [3.05, 3.63) is 78.6 Å². The van der Waals surface area contributed by atoms with E-state index in [1.54, 1.807) is 35.2 Å². The fraction of sp³-hybridized carbons (Fsp3) is 0.429. The number of halogens is 1. The molecule has 0 unspecified atom stereocenters. The maximum absolute atomic E-state index is 14.8. The highest BCUT2D eigenvalue weighted by molar-refractivity contribution is 6.10. The number of nitrogens with one attached hydrogen (secondary N) is 3. The number of H-pyrrole nitrogens is 1. The van der Waals surface area contributed by atoms with E-state index in [1.165, 1.54) is 56.0 Å². The van der Waals surface area contributed by atoms with Crippen molar-refractivity contribution in [1.29, 1.82) is 0 Å². The first kappa shape index (κ1) is 36.8. The van der Waals surface area contributed by atoms with Gasteiger partial charge in [0.05, 0.1) is 40.8 Å². The highest BCUT2D eigenvalue weighted by Crippen LogP contribution is 2.36. The number of hydrogen-bond acceptors (Lipinski definition) is 8. The number of piperidine rings is 1. The number of hydrogen-bond donors (Lipinski definition) is 3. The molecule has 2 aliphatic heterocycles. The van der Waals surface area contributed by atoms with Gasteiger partial charge in [-0.25, -0.2) is 14.2 Å². The van der Waals surface area contributed by atoms with Crippen LogP contribution in [0.25, 0.3) is 27.5 Å². The highest BCUT2D eigenvalue weighted by Gasteiger charge is 2.30. The standard InChI is InChI=1S/C25H33FN4O2.C17H14N6O2.2H2/c26-21-6-7-22-20(24(21)30-17-12-23(31)27-25(30)32)11-16-29(22)19-9-14-28(15-10-19)13-8-18-4-2-1-3-5-18;24-17(21-16-9-18-15-2-1-5-20-23(15)16)12-6-10-8-19-22-13(10)7-14(12)25-11-3-4-11;;/h6-7,11,16,18-19H,1-5,8-10,12-15,17H2,(H,27,31,32);1-2,5-9,11H,3-4H2,(H,19,22)(H,21,24);2*1H. The van der Waals surface area contributed by atoms with E-state index in [0.717, 1.165) is 66.5 Å². The second kappa shape index (κ2) is 16.0. The van der Waals surface area contributed by atoms with Crippen LogP contribution >= 0.6 is 0 Å². The molecule has 6 aromatic rings. The number of rotatable bonds is 9. The Kier molecular flexibility index (Phi) is 10.3. The minimum absolute atomic E-state index is 0. The summed E-state index contributed by atoms with van der Waals surface area (Å²) >= 11 is 0. The van der Waals surface area contributed by atoms with Gasteiger partial charge in [-0.05, 0) is 81.0 Å². The summed E-state index contributed by atoms with van der Waals surface area (Å²) in [5.41, 5.74) is 3.19. The fourth-order valence-electron chi connectivity index (χ4n) is 8.54. The topological polar surface area (TPSA) is 155 Å². The summed E-state index contributed by atoms with van der Waals surface area (Å²) in [6.45, 7) is 3.61. The van der Waals surface area contributed by atoms with Gasteiger partial charge in [-0.3, -0.25) is 24.9 Å². The van der Waals surface area contributed by atoms with Gasteiger partial charge in [-0.15, -0.1) is 0 Å². The van der Waals surface area contributed by atoms with Crippen molar-refractivity contribution in [2.24, 2.45) is 5.92 Å². The SMILES string of the molecule is O=C(Nc1cnc2cccnn12)c1cc2cn[nH]c2cc1OC1CC1.O=C1CCN(c2c(F)ccc3c2ccn3C2CCN(CCC3CCCCC3)CC2)C(=O)N1.[HH].[HH]. The lowest BCUT2D eigenvalue weighted by atomic mass is 9.87. The van der Waals surface area contributed by atoms with Gasteiger partial charge in [0.15, 0.2) is 11.5 Å². The van der Waals surface area contributed by atoms with E-state index in [0.29, 0.717) is 28.8 Å². The number of amides is 4. The maximum atomic E-state index is 14.8. The minimum atomic E-state index is -0.549. The lowest BCUT2D eigenvalue weighted by molar-refractivity contribution is -0.120. The summed E-state index contributed by atoms with van der Waals surface area (Å²) in [6, 6.07) is 12.2. The molecular weight excluding hydrogens is 728 g/mol. The van der Waals surface area contributed by atoms with Crippen molar-refractivity contribution in [3.8, 4) is 5.75 Å². The van der Waals surface area contributed by atoms with Gasteiger partial charge >= 0.3 is 6.03 Å². The van der Waals surface area contributed by atoms with Crippen LogP contribution in [-0.2, 0) is 4.79 Å². The molecule has 2 aliphatic carbocycles. The Labute approximate surface area is 331 Å². The summed E-state index contributed by atoms with van der Waals surface area (Å²) in [5.74, 6) is 0.962. The molecule has 4 aromatic heterocycles. The first-order valence-electron chi connectivity index (χ1n) is 20.2. The van der Waals surface area contributed by atoms with Gasteiger partial charge in [-0.2, -0.15) is 14.7 Å². The van der Waals surface area contributed by atoms with E-state index >= 15 is 0 Å². The number of anilines is 2. The smallest absolute Gasteiger partial charge is 0.328 e. The molecule has 15 heteroatoms. The molecule has 2 saturated carbocycles. The normalized spacial score (nSPS) is 18.5. The largest absolute Gasteiger partial charge is 0.490 e. The molecule has 0 spiro atoms. The lowest BCUT2D eigenvalue weighted by Gasteiger charge is -2.34. The Morgan fingerprint density at radius 1 is 0.982 bits per heavy atom. The first-order chi connectivity index (χ1) is 27.9. The van der Waals surface area contributed by atoms with Crippen molar-refractivity contribution >= 4 is 56.8 Å². The molecule has 4 amide bonds. The molecule has 10 rings (SSSR count). The predicted octanol–water partition coefficient (Wildman–Crippen LogP) is 7.73. The van der Waals surface area contributed by atoms with Crippen LogP contribution in [0, 0.1) is 11.7 Å². The van der Waals surface area contributed by atoms with E-state index in [4.69, 9.17) is 4.74 Å². The predicted molar refractivity (Wildman–Crippen MR) is 218 cm³/mol. The zero-order valence-electron chi connectivity index (χ0n) is 31.8. The first-order valence-corrected chi connectivity index (χ1v) is 20.2.